The molecule has 2 aromatic heterocycles. The normalized spacial score (nSPS) is 17.6. The Bertz CT molecular complexity index is 1210. The van der Waals surface area contributed by atoms with Crippen LogP contribution in [0.25, 0.3) is 12.2 Å². The molecule has 3 heterocycles. The van der Waals surface area contributed by atoms with Crippen LogP contribution in [0.3, 0.4) is 0 Å². The number of aromatic nitrogens is 1. The minimum absolute atomic E-state index is 0.0138. The van der Waals surface area contributed by atoms with Crippen LogP contribution in [0.5, 0.6) is 0 Å². The molecule has 1 aromatic carbocycles. The van der Waals surface area contributed by atoms with Gasteiger partial charge in [-0.1, -0.05) is 22.9 Å². The van der Waals surface area contributed by atoms with E-state index in [0.29, 0.717) is 30.8 Å². The molecule has 1 N–H and O–H groups in total. The molecule has 0 bridgehead atoms. The van der Waals surface area contributed by atoms with Crippen LogP contribution < -0.4 is 5.32 Å². The van der Waals surface area contributed by atoms with Crippen molar-refractivity contribution in [3.63, 3.8) is 0 Å². The fraction of sp³-hybridized carbons (Fsp3) is 0.304. The molecule has 1 aliphatic heterocycles. The lowest BCUT2D eigenvalue weighted by molar-refractivity contribution is -0.120. The van der Waals surface area contributed by atoms with Gasteiger partial charge in [-0.05, 0) is 63.1 Å². The number of nitrogens with zero attached hydrogens (tertiary/aromatic N) is 2. The summed E-state index contributed by atoms with van der Waals surface area (Å²) < 4.78 is 38.8. The molecule has 0 aliphatic carbocycles. The number of aryl methyl sites for hydroxylation is 2. The van der Waals surface area contributed by atoms with Gasteiger partial charge in [0.2, 0.25) is 15.9 Å². The van der Waals surface area contributed by atoms with Crippen LogP contribution in [0.4, 0.5) is 5.69 Å². The van der Waals surface area contributed by atoms with Crippen LogP contribution in [-0.4, -0.2) is 36.9 Å². The number of sulfonamides is 1. The van der Waals surface area contributed by atoms with E-state index in [1.165, 1.54) is 16.6 Å². The van der Waals surface area contributed by atoms with Crippen LogP contribution in [0.1, 0.15) is 35.6 Å². The summed E-state index contributed by atoms with van der Waals surface area (Å²) >= 11 is 0. The molecule has 1 saturated heterocycles. The van der Waals surface area contributed by atoms with Crippen molar-refractivity contribution in [3.05, 3.63) is 65.4 Å². The SMILES string of the molecule is Cc1ccc(NC(=O)[C@@H]2CCCN(S(=O)(=O)c3c(C)noc3/C=C/c3ccco3)C2)cc1. The molecule has 0 saturated carbocycles. The van der Waals surface area contributed by atoms with E-state index in [2.05, 4.69) is 10.5 Å². The fourth-order valence-corrected chi connectivity index (χ4v) is 5.50. The highest BCUT2D eigenvalue weighted by Crippen LogP contribution is 2.29. The third-order valence-electron chi connectivity index (χ3n) is 5.45. The van der Waals surface area contributed by atoms with Gasteiger partial charge in [0, 0.05) is 18.8 Å². The molecule has 0 radical (unpaired) electrons. The molecule has 0 unspecified atom stereocenters. The lowest BCUT2D eigenvalue weighted by Crippen LogP contribution is -2.43. The van der Waals surface area contributed by atoms with E-state index in [0.717, 1.165) is 5.56 Å². The zero-order valence-electron chi connectivity index (χ0n) is 17.9. The van der Waals surface area contributed by atoms with Gasteiger partial charge in [-0.15, -0.1) is 0 Å². The van der Waals surface area contributed by atoms with E-state index in [9.17, 15) is 13.2 Å². The van der Waals surface area contributed by atoms with E-state index >= 15 is 0 Å². The number of anilines is 1. The smallest absolute Gasteiger partial charge is 0.248 e. The summed E-state index contributed by atoms with van der Waals surface area (Å²) in [7, 11) is -3.90. The van der Waals surface area contributed by atoms with Gasteiger partial charge in [-0.25, -0.2) is 8.42 Å². The molecule has 8 nitrogen and oxygen atoms in total. The first-order chi connectivity index (χ1) is 15.3. The molecule has 9 heteroatoms. The predicted molar refractivity (Wildman–Crippen MR) is 120 cm³/mol. The monoisotopic (exact) mass is 455 g/mol. The third-order valence-corrected chi connectivity index (χ3v) is 7.47. The number of furan rings is 1. The van der Waals surface area contributed by atoms with Gasteiger partial charge >= 0.3 is 0 Å². The standard InChI is InChI=1S/C23H25N3O5S/c1-16-7-9-19(10-8-16)24-23(27)18-5-3-13-26(15-18)32(28,29)22-17(2)25-31-21(22)12-11-20-6-4-14-30-20/h4,6-12,14,18H,3,5,13,15H2,1-2H3,(H,24,27)/b12-11+/t18-/m1/s1. The zero-order chi connectivity index (χ0) is 22.7. The van der Waals surface area contributed by atoms with Crippen molar-refractivity contribution < 1.29 is 22.2 Å². The number of carbonyl (C=O) groups is 1. The number of piperidine rings is 1. The molecule has 3 aromatic rings. The summed E-state index contributed by atoms with van der Waals surface area (Å²) in [6.07, 6.45) is 5.88. The second kappa shape index (κ2) is 9.13. The molecular weight excluding hydrogens is 430 g/mol. The largest absolute Gasteiger partial charge is 0.465 e. The number of carbonyl (C=O) groups excluding carboxylic acids is 1. The van der Waals surface area contributed by atoms with Crippen LogP contribution >= 0.6 is 0 Å². The van der Waals surface area contributed by atoms with Crippen LogP contribution in [-0.2, 0) is 14.8 Å². The molecule has 1 fully saturated rings. The minimum Gasteiger partial charge on any atom is -0.465 e. The topological polar surface area (TPSA) is 106 Å². The van der Waals surface area contributed by atoms with Gasteiger partial charge in [-0.3, -0.25) is 4.79 Å². The number of benzene rings is 1. The first kappa shape index (κ1) is 22.0. The molecule has 0 spiro atoms. The Morgan fingerprint density at radius 2 is 1.97 bits per heavy atom. The van der Waals surface area contributed by atoms with Gasteiger partial charge in [0.25, 0.3) is 0 Å². The van der Waals surface area contributed by atoms with Crippen LogP contribution in [0.2, 0.25) is 0 Å². The average Bonchev–Trinajstić information content (AvgIpc) is 3.43. The Hall–Kier alpha value is -3.17. The maximum absolute atomic E-state index is 13.5. The molecule has 1 amide bonds. The Morgan fingerprint density at radius 3 is 2.69 bits per heavy atom. The lowest BCUT2D eigenvalue weighted by atomic mass is 9.98. The third kappa shape index (κ3) is 4.68. The lowest BCUT2D eigenvalue weighted by Gasteiger charge is -2.31. The Labute approximate surface area is 186 Å². The molecular formula is C23H25N3O5S. The Morgan fingerprint density at radius 1 is 1.19 bits per heavy atom. The summed E-state index contributed by atoms with van der Waals surface area (Å²) in [5.74, 6) is 0.0641. The van der Waals surface area contributed by atoms with Crippen molar-refractivity contribution in [2.75, 3.05) is 18.4 Å². The Kier molecular flexibility index (Phi) is 6.29. The van der Waals surface area contributed by atoms with E-state index in [1.807, 2.05) is 31.2 Å². The van der Waals surface area contributed by atoms with Gasteiger partial charge in [0.05, 0.1) is 12.2 Å². The van der Waals surface area contributed by atoms with E-state index in [-0.39, 0.29) is 28.8 Å². The summed E-state index contributed by atoms with van der Waals surface area (Å²) in [5.41, 5.74) is 2.06. The van der Waals surface area contributed by atoms with Gasteiger partial charge in [0.1, 0.15) is 11.5 Å². The molecule has 1 atom stereocenters. The number of nitrogens with one attached hydrogen (secondary N) is 1. The average molecular weight is 456 g/mol. The van der Waals surface area contributed by atoms with Crippen molar-refractivity contribution in [1.29, 1.82) is 0 Å². The summed E-state index contributed by atoms with van der Waals surface area (Å²) in [6.45, 7) is 4.00. The number of hydrogen-bond donors (Lipinski definition) is 1. The molecule has 4 rings (SSSR count). The van der Waals surface area contributed by atoms with E-state index < -0.39 is 15.9 Å². The Balaban J connectivity index is 1.52. The van der Waals surface area contributed by atoms with Crippen molar-refractivity contribution in [1.82, 2.24) is 9.46 Å². The van der Waals surface area contributed by atoms with Crippen molar-refractivity contribution in [2.45, 2.75) is 31.6 Å². The maximum atomic E-state index is 13.5. The fourth-order valence-electron chi connectivity index (χ4n) is 3.73. The van der Waals surface area contributed by atoms with E-state index in [4.69, 9.17) is 8.94 Å². The number of rotatable bonds is 6. The minimum atomic E-state index is -3.90. The summed E-state index contributed by atoms with van der Waals surface area (Å²) in [4.78, 5) is 12.8. The second-order valence-corrected chi connectivity index (χ2v) is 9.74. The highest BCUT2D eigenvalue weighted by atomic mass is 32.2. The highest BCUT2D eigenvalue weighted by Gasteiger charge is 2.37. The van der Waals surface area contributed by atoms with Gasteiger partial charge in [0.15, 0.2) is 10.7 Å². The van der Waals surface area contributed by atoms with Crippen molar-refractivity contribution >= 4 is 33.8 Å². The number of hydrogen-bond acceptors (Lipinski definition) is 6. The zero-order valence-corrected chi connectivity index (χ0v) is 18.8. The van der Waals surface area contributed by atoms with Crippen LogP contribution in [0, 0.1) is 19.8 Å². The predicted octanol–water partition coefficient (Wildman–Crippen LogP) is 4.09. The number of amides is 1. The first-order valence-corrected chi connectivity index (χ1v) is 11.8. The summed E-state index contributed by atoms with van der Waals surface area (Å²) in [6, 6.07) is 11.0. The highest BCUT2D eigenvalue weighted by molar-refractivity contribution is 7.89. The maximum Gasteiger partial charge on any atom is 0.248 e. The summed E-state index contributed by atoms with van der Waals surface area (Å²) in [5, 5.41) is 6.74. The second-order valence-electron chi connectivity index (χ2n) is 7.87. The van der Waals surface area contributed by atoms with Crippen LogP contribution in [0.15, 0.2) is 56.5 Å². The van der Waals surface area contributed by atoms with Crippen molar-refractivity contribution in [2.24, 2.45) is 5.92 Å². The molecule has 32 heavy (non-hydrogen) atoms. The first-order valence-electron chi connectivity index (χ1n) is 10.4. The van der Waals surface area contributed by atoms with Crippen molar-refractivity contribution in [3.8, 4) is 0 Å². The molecule has 1 aliphatic rings. The van der Waals surface area contributed by atoms with E-state index in [1.54, 1.807) is 25.1 Å². The molecule has 168 valence electrons. The quantitative estimate of drug-likeness (QED) is 0.600. The van der Waals surface area contributed by atoms with Gasteiger partial charge < -0.3 is 14.3 Å². The van der Waals surface area contributed by atoms with Gasteiger partial charge in [-0.2, -0.15) is 4.31 Å².